The van der Waals surface area contributed by atoms with E-state index in [9.17, 15) is 0 Å². The van der Waals surface area contributed by atoms with Crippen molar-refractivity contribution in [3.8, 4) is 0 Å². The van der Waals surface area contributed by atoms with Crippen LogP contribution in [0.3, 0.4) is 0 Å². The van der Waals surface area contributed by atoms with Crippen molar-refractivity contribution in [1.82, 2.24) is 0 Å². The zero-order valence-corrected chi connectivity index (χ0v) is 11.6. The van der Waals surface area contributed by atoms with E-state index < -0.39 is 0 Å². The fourth-order valence-electron chi connectivity index (χ4n) is 1.75. The molecule has 1 aromatic carbocycles. The topological polar surface area (TPSA) is 9.23 Å². The summed E-state index contributed by atoms with van der Waals surface area (Å²) in [7, 11) is 0. The number of alkyl halides is 1. The molecule has 96 valence electrons. The molecule has 0 bridgehead atoms. The Kier molecular flexibility index (Phi) is 7.30. The minimum absolute atomic E-state index is 0.520. The fraction of sp³-hybridized carbons (Fsp3) is 0.600. The lowest BCUT2D eigenvalue weighted by Gasteiger charge is -2.14. The van der Waals surface area contributed by atoms with Crippen LogP contribution in [-0.2, 0) is 11.2 Å². The third-order valence-corrected chi connectivity index (χ3v) is 3.14. The molecule has 17 heavy (non-hydrogen) atoms. The molecule has 0 heterocycles. The molecule has 0 fully saturated rings. The van der Waals surface area contributed by atoms with Gasteiger partial charge in [-0.2, -0.15) is 0 Å². The van der Waals surface area contributed by atoms with E-state index in [1.807, 2.05) is 6.07 Å². The van der Waals surface area contributed by atoms with Gasteiger partial charge in [0.15, 0.2) is 0 Å². The zero-order chi connectivity index (χ0) is 12.5. The van der Waals surface area contributed by atoms with Gasteiger partial charge in [-0.15, -0.1) is 11.6 Å². The summed E-state index contributed by atoms with van der Waals surface area (Å²) in [5, 5.41) is 0. The van der Waals surface area contributed by atoms with Crippen molar-refractivity contribution in [2.45, 2.75) is 26.7 Å². The van der Waals surface area contributed by atoms with E-state index in [1.54, 1.807) is 0 Å². The van der Waals surface area contributed by atoms with Gasteiger partial charge in [-0.05, 0) is 30.2 Å². The number of halogens is 1. The molecule has 0 amide bonds. The van der Waals surface area contributed by atoms with Crippen molar-refractivity contribution >= 4 is 11.6 Å². The number of hydrogen-bond acceptors (Lipinski definition) is 1. The summed E-state index contributed by atoms with van der Waals surface area (Å²) in [4.78, 5) is 0. The Morgan fingerprint density at radius 3 is 2.47 bits per heavy atom. The van der Waals surface area contributed by atoms with Crippen LogP contribution in [-0.4, -0.2) is 19.1 Å². The van der Waals surface area contributed by atoms with Crippen LogP contribution in [0.4, 0.5) is 0 Å². The Bertz CT molecular complexity index is 284. The van der Waals surface area contributed by atoms with Gasteiger partial charge < -0.3 is 4.74 Å². The maximum absolute atomic E-state index is 6.00. The van der Waals surface area contributed by atoms with Crippen LogP contribution in [0.15, 0.2) is 30.3 Å². The monoisotopic (exact) mass is 254 g/mol. The smallest absolute Gasteiger partial charge is 0.0488 e. The first-order valence-corrected chi connectivity index (χ1v) is 6.93. The second-order valence-corrected chi connectivity index (χ2v) is 5.28. The molecule has 0 aliphatic heterocycles. The number of ether oxygens (including phenoxy) is 1. The van der Waals surface area contributed by atoms with Gasteiger partial charge in [0.1, 0.15) is 0 Å². The quantitative estimate of drug-likeness (QED) is 0.500. The molecule has 1 rings (SSSR count). The molecule has 0 aliphatic rings. The molecule has 0 spiro atoms. The molecular weight excluding hydrogens is 232 g/mol. The third-order valence-electron chi connectivity index (χ3n) is 2.71. The van der Waals surface area contributed by atoms with E-state index >= 15 is 0 Å². The Morgan fingerprint density at radius 2 is 1.88 bits per heavy atom. The van der Waals surface area contributed by atoms with E-state index in [4.69, 9.17) is 16.3 Å². The third kappa shape index (κ3) is 6.70. The Hall–Kier alpha value is -0.530. The van der Waals surface area contributed by atoms with Gasteiger partial charge in [-0.3, -0.25) is 0 Å². The second kappa shape index (κ2) is 8.54. The second-order valence-electron chi connectivity index (χ2n) is 4.97. The summed E-state index contributed by atoms with van der Waals surface area (Å²) in [6.45, 7) is 6.01. The standard InChI is InChI=1S/C15H23ClO/c1-13(2)12-17-9-8-15(11-16)10-14-6-4-3-5-7-14/h3-7,13,15H,8-12H2,1-2H3. The van der Waals surface area contributed by atoms with Crippen molar-refractivity contribution in [1.29, 1.82) is 0 Å². The lowest BCUT2D eigenvalue weighted by atomic mass is 9.98. The molecule has 0 radical (unpaired) electrons. The lowest BCUT2D eigenvalue weighted by Crippen LogP contribution is -2.12. The predicted molar refractivity (Wildman–Crippen MR) is 74.6 cm³/mol. The van der Waals surface area contributed by atoms with Gasteiger partial charge in [-0.25, -0.2) is 0 Å². The highest BCUT2D eigenvalue weighted by atomic mass is 35.5. The van der Waals surface area contributed by atoms with Crippen LogP contribution in [0.1, 0.15) is 25.8 Å². The average molecular weight is 255 g/mol. The van der Waals surface area contributed by atoms with E-state index in [2.05, 4.69) is 38.1 Å². The molecule has 2 heteroatoms. The molecule has 0 aromatic heterocycles. The minimum atomic E-state index is 0.520. The number of benzene rings is 1. The van der Waals surface area contributed by atoms with Gasteiger partial charge >= 0.3 is 0 Å². The molecule has 0 aliphatic carbocycles. The van der Waals surface area contributed by atoms with Crippen LogP contribution in [0.2, 0.25) is 0 Å². The Balaban J connectivity index is 2.24. The summed E-state index contributed by atoms with van der Waals surface area (Å²) in [5.74, 6) is 1.84. The van der Waals surface area contributed by atoms with E-state index in [1.165, 1.54) is 5.56 Å². The van der Waals surface area contributed by atoms with Crippen LogP contribution in [0.25, 0.3) is 0 Å². The van der Waals surface area contributed by atoms with Crippen molar-refractivity contribution in [3.05, 3.63) is 35.9 Å². The number of rotatable bonds is 8. The normalized spacial score (nSPS) is 12.9. The maximum atomic E-state index is 6.00. The molecule has 0 saturated heterocycles. The first-order chi connectivity index (χ1) is 8.22. The summed E-state index contributed by atoms with van der Waals surface area (Å²) >= 11 is 6.00. The van der Waals surface area contributed by atoms with E-state index in [0.717, 1.165) is 26.1 Å². The van der Waals surface area contributed by atoms with Gasteiger partial charge in [-0.1, -0.05) is 44.2 Å². The van der Waals surface area contributed by atoms with Crippen molar-refractivity contribution in [2.24, 2.45) is 11.8 Å². The highest BCUT2D eigenvalue weighted by molar-refractivity contribution is 6.18. The summed E-state index contributed by atoms with van der Waals surface area (Å²) in [5.41, 5.74) is 1.36. The van der Waals surface area contributed by atoms with Crippen molar-refractivity contribution in [3.63, 3.8) is 0 Å². The summed E-state index contributed by atoms with van der Waals surface area (Å²) in [6.07, 6.45) is 2.10. The highest BCUT2D eigenvalue weighted by Crippen LogP contribution is 2.14. The fourth-order valence-corrected chi connectivity index (χ4v) is 2.01. The largest absolute Gasteiger partial charge is 0.381 e. The van der Waals surface area contributed by atoms with Gasteiger partial charge in [0.05, 0.1) is 0 Å². The van der Waals surface area contributed by atoms with Crippen LogP contribution in [0.5, 0.6) is 0 Å². The Labute approximate surface area is 110 Å². The maximum Gasteiger partial charge on any atom is 0.0488 e. The zero-order valence-electron chi connectivity index (χ0n) is 10.9. The van der Waals surface area contributed by atoms with Gasteiger partial charge in [0.2, 0.25) is 0 Å². The molecule has 1 nitrogen and oxygen atoms in total. The lowest BCUT2D eigenvalue weighted by molar-refractivity contribution is 0.0996. The van der Waals surface area contributed by atoms with Gasteiger partial charge in [0.25, 0.3) is 0 Å². The predicted octanol–water partition coefficient (Wildman–Crippen LogP) is 4.15. The van der Waals surface area contributed by atoms with Crippen LogP contribution >= 0.6 is 11.6 Å². The molecular formula is C15H23ClO. The van der Waals surface area contributed by atoms with Crippen molar-refractivity contribution in [2.75, 3.05) is 19.1 Å². The first-order valence-electron chi connectivity index (χ1n) is 6.40. The highest BCUT2D eigenvalue weighted by Gasteiger charge is 2.08. The van der Waals surface area contributed by atoms with E-state index in [-0.39, 0.29) is 0 Å². The molecule has 1 unspecified atom stereocenters. The molecule has 0 N–H and O–H groups in total. The minimum Gasteiger partial charge on any atom is -0.381 e. The first kappa shape index (κ1) is 14.5. The summed E-state index contributed by atoms with van der Waals surface area (Å²) < 4.78 is 5.61. The van der Waals surface area contributed by atoms with Crippen LogP contribution < -0.4 is 0 Å². The van der Waals surface area contributed by atoms with E-state index in [0.29, 0.717) is 17.7 Å². The molecule has 1 atom stereocenters. The summed E-state index contributed by atoms with van der Waals surface area (Å²) in [6, 6.07) is 10.5. The molecule has 0 saturated carbocycles. The SMILES string of the molecule is CC(C)COCCC(CCl)Cc1ccccc1. The average Bonchev–Trinajstić information content (AvgIpc) is 2.34. The van der Waals surface area contributed by atoms with Crippen LogP contribution in [0, 0.1) is 11.8 Å². The van der Waals surface area contributed by atoms with Crippen molar-refractivity contribution < 1.29 is 4.74 Å². The number of hydrogen-bond donors (Lipinski definition) is 0. The molecule has 1 aromatic rings. The Morgan fingerprint density at radius 1 is 1.18 bits per heavy atom. The van der Waals surface area contributed by atoms with Gasteiger partial charge in [0, 0.05) is 19.1 Å².